The Balaban J connectivity index is 1.55. The van der Waals surface area contributed by atoms with E-state index < -0.39 is 23.2 Å². The van der Waals surface area contributed by atoms with Gasteiger partial charge in [-0.05, 0) is 69.4 Å². The number of benzene rings is 2. The van der Waals surface area contributed by atoms with Gasteiger partial charge in [0.2, 0.25) is 0 Å². The summed E-state index contributed by atoms with van der Waals surface area (Å²) in [5, 5.41) is 11.9. The van der Waals surface area contributed by atoms with Crippen LogP contribution in [0.2, 0.25) is 0 Å². The van der Waals surface area contributed by atoms with Crippen molar-refractivity contribution < 1.29 is 28.2 Å². The first kappa shape index (κ1) is 29.1. The van der Waals surface area contributed by atoms with Gasteiger partial charge in [-0.3, -0.25) is 0 Å². The van der Waals surface area contributed by atoms with Gasteiger partial charge < -0.3 is 19.3 Å². The molecule has 0 aliphatic heterocycles. The lowest BCUT2D eigenvalue weighted by atomic mass is 9.74. The van der Waals surface area contributed by atoms with Gasteiger partial charge >= 0.3 is 5.97 Å². The number of thiazole rings is 1. The minimum atomic E-state index is -1.38. The molecule has 4 rings (SSSR count). The molecule has 6 nitrogen and oxygen atoms in total. The number of aromatic nitrogens is 1. The molecule has 2 aromatic carbocycles. The standard InChI is InChI=1S/C29H34F2N2O4S2/c1-15(2)17-6-8-18(9-7-17)19-10-11-20(26(31)27(19)37-16(3)4)28-32-25(14-38-28)39-33-23-13-22(30)21(29(34)35)12-24(23)36-5/h10-18,33H,6-9H2,1-5H3,(H,34,35). The Hall–Kier alpha value is -2.85. The van der Waals surface area contributed by atoms with Gasteiger partial charge in [0, 0.05) is 29.0 Å². The molecule has 1 aliphatic rings. The first-order chi connectivity index (χ1) is 18.6. The number of hydrogen-bond acceptors (Lipinski definition) is 7. The number of nitrogens with zero attached hydrogens (tertiary/aromatic N) is 1. The second kappa shape index (κ2) is 12.6. The molecule has 0 spiro atoms. The van der Waals surface area contributed by atoms with Gasteiger partial charge in [0.25, 0.3) is 0 Å². The van der Waals surface area contributed by atoms with Gasteiger partial charge in [-0.25, -0.2) is 18.6 Å². The summed E-state index contributed by atoms with van der Waals surface area (Å²) in [7, 11) is 1.37. The molecule has 1 fully saturated rings. The quantitative estimate of drug-likeness (QED) is 0.234. The molecule has 0 saturated heterocycles. The van der Waals surface area contributed by atoms with Crippen molar-refractivity contribution in [1.29, 1.82) is 0 Å². The molecule has 2 N–H and O–H groups in total. The second-order valence-electron chi connectivity index (χ2n) is 10.4. The Morgan fingerprint density at radius 3 is 2.49 bits per heavy atom. The lowest BCUT2D eigenvalue weighted by Crippen LogP contribution is -2.19. The summed E-state index contributed by atoms with van der Waals surface area (Å²) in [5.74, 6) is -0.536. The van der Waals surface area contributed by atoms with Crippen LogP contribution in [0.3, 0.4) is 0 Å². The number of anilines is 1. The maximum atomic E-state index is 16.0. The van der Waals surface area contributed by atoms with Crippen molar-refractivity contribution in [3.63, 3.8) is 0 Å². The normalized spacial score (nSPS) is 17.5. The van der Waals surface area contributed by atoms with E-state index in [2.05, 4.69) is 23.6 Å². The lowest BCUT2D eigenvalue weighted by Gasteiger charge is -2.32. The summed E-state index contributed by atoms with van der Waals surface area (Å²) in [6.45, 7) is 8.34. The third-order valence-corrected chi connectivity index (χ3v) is 8.90. The topological polar surface area (TPSA) is 80.7 Å². The smallest absolute Gasteiger partial charge is 0.338 e. The van der Waals surface area contributed by atoms with Crippen LogP contribution in [-0.4, -0.2) is 29.3 Å². The van der Waals surface area contributed by atoms with Crippen molar-refractivity contribution in [3.8, 4) is 22.1 Å². The van der Waals surface area contributed by atoms with E-state index >= 15 is 4.39 Å². The number of aromatic carboxylic acids is 1. The molecular weight excluding hydrogens is 542 g/mol. The summed E-state index contributed by atoms with van der Waals surface area (Å²) >= 11 is 2.39. The average molecular weight is 577 g/mol. The molecular formula is C29H34F2N2O4S2. The largest absolute Gasteiger partial charge is 0.495 e. The van der Waals surface area contributed by atoms with E-state index in [0.29, 0.717) is 33.2 Å². The molecule has 1 saturated carbocycles. The highest BCUT2D eigenvalue weighted by molar-refractivity contribution is 8.00. The molecule has 1 heterocycles. The highest BCUT2D eigenvalue weighted by Crippen LogP contribution is 2.45. The van der Waals surface area contributed by atoms with Crippen molar-refractivity contribution >= 4 is 34.9 Å². The Labute approximate surface area is 236 Å². The van der Waals surface area contributed by atoms with E-state index in [-0.39, 0.29) is 23.5 Å². The van der Waals surface area contributed by atoms with E-state index in [1.54, 1.807) is 11.4 Å². The summed E-state index contributed by atoms with van der Waals surface area (Å²) < 4.78 is 44.4. The SMILES string of the molecule is COc1cc(C(=O)O)c(F)cc1NSc1csc(-c2ccc(C3CCC(C(C)C)CC3)c(OC(C)C)c2F)n1. The van der Waals surface area contributed by atoms with Crippen LogP contribution in [0.4, 0.5) is 14.5 Å². The van der Waals surface area contributed by atoms with Crippen LogP contribution in [0.1, 0.15) is 75.2 Å². The summed E-state index contributed by atoms with van der Waals surface area (Å²) in [6, 6.07) is 5.96. The van der Waals surface area contributed by atoms with Gasteiger partial charge in [-0.2, -0.15) is 0 Å². The molecule has 1 aromatic heterocycles. The minimum absolute atomic E-state index is 0.171. The molecule has 1 aliphatic carbocycles. The zero-order valence-corrected chi connectivity index (χ0v) is 24.3. The predicted molar refractivity (Wildman–Crippen MR) is 152 cm³/mol. The fourth-order valence-electron chi connectivity index (χ4n) is 5.01. The Morgan fingerprint density at radius 2 is 1.87 bits per heavy atom. The molecule has 0 atom stereocenters. The van der Waals surface area contributed by atoms with Crippen molar-refractivity contribution in [2.75, 3.05) is 11.8 Å². The van der Waals surface area contributed by atoms with Crippen LogP contribution in [-0.2, 0) is 0 Å². The third-order valence-electron chi connectivity index (χ3n) is 7.13. The van der Waals surface area contributed by atoms with Crippen LogP contribution >= 0.6 is 23.3 Å². The number of carboxylic acid groups (broad SMARTS) is 1. The van der Waals surface area contributed by atoms with E-state index in [1.807, 2.05) is 19.9 Å². The zero-order chi connectivity index (χ0) is 28.3. The Bertz CT molecular complexity index is 1320. The second-order valence-corrected chi connectivity index (χ2v) is 12.1. The highest BCUT2D eigenvalue weighted by Gasteiger charge is 2.29. The van der Waals surface area contributed by atoms with Gasteiger partial charge in [-0.15, -0.1) is 11.3 Å². The van der Waals surface area contributed by atoms with E-state index in [9.17, 15) is 9.18 Å². The molecule has 0 radical (unpaired) electrons. The average Bonchev–Trinajstić information content (AvgIpc) is 3.37. The zero-order valence-electron chi connectivity index (χ0n) is 22.7. The van der Waals surface area contributed by atoms with Crippen LogP contribution < -0.4 is 14.2 Å². The van der Waals surface area contributed by atoms with Crippen LogP contribution in [0.25, 0.3) is 10.6 Å². The van der Waals surface area contributed by atoms with Crippen LogP contribution in [0.5, 0.6) is 11.5 Å². The first-order valence-corrected chi connectivity index (χ1v) is 14.8. The number of nitrogens with one attached hydrogen (secondary N) is 1. The number of carbonyl (C=O) groups is 1. The maximum absolute atomic E-state index is 16.0. The molecule has 210 valence electrons. The van der Waals surface area contributed by atoms with Crippen LogP contribution in [0, 0.1) is 23.5 Å². The van der Waals surface area contributed by atoms with Crippen molar-refractivity contribution in [2.24, 2.45) is 11.8 Å². The van der Waals surface area contributed by atoms with Gasteiger partial charge in [0.05, 0.1) is 30.0 Å². The van der Waals surface area contributed by atoms with E-state index in [4.69, 9.17) is 14.6 Å². The van der Waals surface area contributed by atoms with Gasteiger partial charge in [0.15, 0.2) is 11.6 Å². The monoisotopic (exact) mass is 576 g/mol. The number of carboxylic acids is 1. The fraction of sp³-hybridized carbons (Fsp3) is 0.448. The summed E-state index contributed by atoms with van der Waals surface area (Å²) in [4.78, 5) is 15.8. The first-order valence-electron chi connectivity index (χ1n) is 13.1. The molecule has 3 aromatic rings. The van der Waals surface area contributed by atoms with Crippen molar-refractivity contribution in [2.45, 2.75) is 70.4 Å². The number of ether oxygens (including phenoxy) is 2. The molecule has 10 heteroatoms. The van der Waals surface area contributed by atoms with Crippen molar-refractivity contribution in [3.05, 3.63) is 52.4 Å². The highest BCUT2D eigenvalue weighted by atomic mass is 32.2. The number of rotatable bonds is 10. The number of halogens is 2. The lowest BCUT2D eigenvalue weighted by molar-refractivity contribution is 0.0691. The number of methoxy groups -OCH3 is 1. The summed E-state index contributed by atoms with van der Waals surface area (Å²) in [6.07, 6.45) is 4.16. The molecule has 39 heavy (non-hydrogen) atoms. The van der Waals surface area contributed by atoms with E-state index in [1.165, 1.54) is 18.4 Å². The number of hydrogen-bond donors (Lipinski definition) is 2. The van der Waals surface area contributed by atoms with Crippen molar-refractivity contribution in [1.82, 2.24) is 4.98 Å². The fourth-order valence-corrected chi connectivity index (χ4v) is 6.62. The van der Waals surface area contributed by atoms with Gasteiger partial charge in [0.1, 0.15) is 21.6 Å². The Kier molecular flexibility index (Phi) is 9.38. The summed E-state index contributed by atoms with van der Waals surface area (Å²) in [5.41, 5.74) is 1.08. The maximum Gasteiger partial charge on any atom is 0.338 e. The Morgan fingerprint density at radius 1 is 1.15 bits per heavy atom. The van der Waals surface area contributed by atoms with Gasteiger partial charge in [-0.1, -0.05) is 19.9 Å². The molecule has 0 amide bonds. The minimum Gasteiger partial charge on any atom is -0.495 e. The molecule has 0 bridgehead atoms. The van der Waals surface area contributed by atoms with E-state index in [0.717, 1.165) is 55.3 Å². The third kappa shape index (κ3) is 6.66. The molecule has 0 unspecified atom stereocenters. The van der Waals surface area contributed by atoms with Crippen LogP contribution in [0.15, 0.2) is 34.7 Å². The predicted octanol–water partition coefficient (Wildman–Crippen LogP) is 8.63.